The first-order chi connectivity index (χ1) is 15.8. The summed E-state index contributed by atoms with van der Waals surface area (Å²) in [4.78, 5) is 73.8. The second kappa shape index (κ2) is 15.0. The van der Waals surface area contributed by atoms with Gasteiger partial charge in [-0.15, -0.1) is 0 Å². The van der Waals surface area contributed by atoms with Crippen LogP contribution in [0, 0.1) is 0 Å². The van der Waals surface area contributed by atoms with Gasteiger partial charge >= 0.3 is 11.9 Å². The summed E-state index contributed by atoms with van der Waals surface area (Å²) < 4.78 is 0. The Kier molecular flexibility index (Phi) is 13.2. The highest BCUT2D eigenvalue weighted by Gasteiger charge is 2.31. The molecule has 4 atom stereocenters. The normalized spacial score (nSPS) is 13.9. The Labute approximate surface area is 193 Å². The van der Waals surface area contributed by atoms with Crippen LogP contribution in [0.3, 0.4) is 0 Å². The van der Waals surface area contributed by atoms with Crippen molar-refractivity contribution in [1.29, 1.82) is 0 Å². The van der Waals surface area contributed by atoms with Gasteiger partial charge in [-0.25, -0.2) is 4.79 Å². The van der Waals surface area contributed by atoms with Crippen LogP contribution in [-0.4, -0.2) is 94.2 Å². The van der Waals surface area contributed by atoms with Crippen molar-refractivity contribution in [3.63, 3.8) is 0 Å². The van der Waals surface area contributed by atoms with Crippen LogP contribution in [-0.2, 0) is 28.8 Å². The minimum absolute atomic E-state index is 0.0839. The molecule has 4 unspecified atom stereocenters. The molecule has 0 aliphatic carbocycles. The number of nitrogens with two attached hydrogens (primary N) is 4. The number of carbonyl (C=O) groups excluding carboxylic acids is 4. The van der Waals surface area contributed by atoms with Crippen LogP contribution in [0.15, 0.2) is 4.99 Å². The van der Waals surface area contributed by atoms with Gasteiger partial charge in [0, 0.05) is 6.54 Å². The first-order valence-corrected chi connectivity index (χ1v) is 9.84. The summed E-state index contributed by atoms with van der Waals surface area (Å²) in [5.74, 6) is -7.34. The highest BCUT2D eigenvalue weighted by Crippen LogP contribution is 2.01. The minimum Gasteiger partial charge on any atom is -0.481 e. The number of carbonyl (C=O) groups is 6. The van der Waals surface area contributed by atoms with Crippen LogP contribution in [0.2, 0.25) is 0 Å². The Morgan fingerprint density at radius 1 is 0.794 bits per heavy atom. The average Bonchev–Trinajstić information content (AvgIpc) is 2.71. The lowest BCUT2D eigenvalue weighted by molar-refractivity contribution is -0.143. The second-order valence-electron chi connectivity index (χ2n) is 7.03. The number of hydrogen-bond acceptors (Lipinski definition) is 9. The summed E-state index contributed by atoms with van der Waals surface area (Å²) in [6, 6.07) is -6.29. The highest BCUT2D eigenvalue weighted by atomic mass is 16.4. The molecule has 0 aliphatic heterocycles. The van der Waals surface area contributed by atoms with E-state index in [1.807, 2.05) is 10.6 Å². The number of amides is 4. The monoisotopic (exact) mass is 490 g/mol. The lowest BCUT2D eigenvalue weighted by Crippen LogP contribution is -2.58. The van der Waals surface area contributed by atoms with E-state index in [2.05, 4.69) is 10.3 Å². The SMILES string of the molecule is NC(=O)CC(N)C(=O)NC(CC(=O)O)C(=O)NC(CO)C(=O)NC(CCCN=C(N)N)C(=O)O. The average molecular weight is 490 g/mol. The van der Waals surface area contributed by atoms with Gasteiger partial charge in [0.25, 0.3) is 0 Å². The summed E-state index contributed by atoms with van der Waals surface area (Å²) >= 11 is 0. The predicted octanol–water partition coefficient (Wildman–Crippen LogP) is -5.75. The standard InChI is InChI=1S/C17H30N8O9/c18-7(4-11(19)27)13(30)24-9(5-12(28)29)14(31)25-10(6-26)15(32)23-8(16(33)34)2-1-3-22-17(20)21/h7-10,26H,1-6,18H2,(H2,19,27)(H,23,32)(H,24,30)(H,25,31)(H,28,29)(H,33,34)(H4,20,21,22). The van der Waals surface area contributed by atoms with Gasteiger partial charge < -0.3 is 54.2 Å². The van der Waals surface area contributed by atoms with E-state index in [1.54, 1.807) is 0 Å². The van der Waals surface area contributed by atoms with Crippen molar-refractivity contribution in [2.45, 2.75) is 49.9 Å². The van der Waals surface area contributed by atoms with Crippen molar-refractivity contribution in [1.82, 2.24) is 16.0 Å². The molecule has 192 valence electrons. The van der Waals surface area contributed by atoms with Gasteiger partial charge in [-0.05, 0) is 12.8 Å². The van der Waals surface area contributed by atoms with Crippen LogP contribution >= 0.6 is 0 Å². The number of nitrogens with zero attached hydrogens (tertiary/aromatic N) is 1. The number of aliphatic hydroxyl groups is 1. The highest BCUT2D eigenvalue weighted by molar-refractivity contribution is 5.96. The Morgan fingerprint density at radius 2 is 1.32 bits per heavy atom. The number of guanidine groups is 1. The van der Waals surface area contributed by atoms with Gasteiger partial charge in [0.05, 0.1) is 25.5 Å². The topological polar surface area (TPSA) is 316 Å². The molecule has 0 heterocycles. The molecule has 0 saturated heterocycles. The minimum atomic E-state index is -1.74. The van der Waals surface area contributed by atoms with Gasteiger partial charge in [0.1, 0.15) is 18.1 Å². The van der Waals surface area contributed by atoms with Crippen molar-refractivity contribution in [2.24, 2.45) is 27.9 Å². The van der Waals surface area contributed by atoms with E-state index in [0.717, 1.165) is 0 Å². The fourth-order valence-electron chi connectivity index (χ4n) is 2.47. The number of carboxylic acid groups (broad SMARTS) is 2. The number of aliphatic hydroxyl groups excluding tert-OH is 1. The van der Waals surface area contributed by atoms with E-state index >= 15 is 0 Å². The number of rotatable bonds is 16. The van der Waals surface area contributed by atoms with Crippen LogP contribution in [0.1, 0.15) is 25.7 Å². The Morgan fingerprint density at radius 3 is 1.79 bits per heavy atom. The summed E-state index contributed by atoms with van der Waals surface area (Å²) in [6.45, 7) is -0.885. The quantitative estimate of drug-likeness (QED) is 0.0549. The predicted molar refractivity (Wildman–Crippen MR) is 114 cm³/mol. The van der Waals surface area contributed by atoms with Crippen molar-refractivity contribution in [2.75, 3.05) is 13.2 Å². The maximum absolute atomic E-state index is 12.5. The third-order valence-corrected chi connectivity index (χ3v) is 4.15. The zero-order valence-corrected chi connectivity index (χ0v) is 18.1. The fraction of sp³-hybridized carbons (Fsp3) is 0.588. The maximum Gasteiger partial charge on any atom is 0.326 e. The maximum atomic E-state index is 12.5. The van der Waals surface area contributed by atoms with Gasteiger partial charge in [0.2, 0.25) is 23.6 Å². The Hall–Kier alpha value is -3.99. The van der Waals surface area contributed by atoms with Gasteiger partial charge in [0.15, 0.2) is 5.96 Å². The number of aliphatic carboxylic acids is 2. The lowest BCUT2D eigenvalue weighted by Gasteiger charge is -2.23. The molecule has 0 aromatic heterocycles. The Balaban J connectivity index is 5.22. The summed E-state index contributed by atoms with van der Waals surface area (Å²) in [6.07, 6.45) is -1.40. The molecule has 0 rings (SSSR count). The molecule has 0 aliphatic rings. The molecule has 17 nitrogen and oxygen atoms in total. The third kappa shape index (κ3) is 12.2. The van der Waals surface area contributed by atoms with Gasteiger partial charge in [-0.2, -0.15) is 0 Å². The van der Waals surface area contributed by atoms with Gasteiger partial charge in [-0.1, -0.05) is 0 Å². The van der Waals surface area contributed by atoms with E-state index in [1.165, 1.54) is 0 Å². The number of primary amides is 1. The van der Waals surface area contributed by atoms with Crippen molar-refractivity contribution < 1.29 is 44.1 Å². The molecule has 0 spiro atoms. The van der Waals surface area contributed by atoms with E-state index < -0.39 is 79.2 Å². The molecule has 0 fully saturated rings. The molecule has 0 bridgehead atoms. The molecule has 34 heavy (non-hydrogen) atoms. The van der Waals surface area contributed by atoms with E-state index in [4.69, 9.17) is 28.0 Å². The number of aliphatic imine (C=N–C) groups is 1. The lowest BCUT2D eigenvalue weighted by atomic mass is 10.1. The molecule has 0 saturated carbocycles. The molecule has 0 radical (unpaired) electrons. The summed E-state index contributed by atoms with van der Waals surface area (Å²) in [7, 11) is 0. The van der Waals surface area contributed by atoms with Crippen molar-refractivity contribution >= 4 is 41.5 Å². The van der Waals surface area contributed by atoms with Crippen LogP contribution in [0.4, 0.5) is 0 Å². The molecule has 14 N–H and O–H groups in total. The van der Waals surface area contributed by atoms with Gasteiger partial charge in [-0.3, -0.25) is 29.0 Å². The number of carboxylic acids is 2. The zero-order valence-electron chi connectivity index (χ0n) is 18.1. The van der Waals surface area contributed by atoms with Crippen molar-refractivity contribution in [3.8, 4) is 0 Å². The van der Waals surface area contributed by atoms with Crippen LogP contribution < -0.4 is 38.9 Å². The van der Waals surface area contributed by atoms with E-state index in [0.29, 0.717) is 0 Å². The second-order valence-corrected chi connectivity index (χ2v) is 7.03. The zero-order chi connectivity index (χ0) is 26.4. The smallest absolute Gasteiger partial charge is 0.326 e. The largest absolute Gasteiger partial charge is 0.481 e. The molecular weight excluding hydrogens is 460 g/mol. The third-order valence-electron chi connectivity index (χ3n) is 4.15. The Bertz CT molecular complexity index is 800. The first kappa shape index (κ1) is 30.0. The summed E-state index contributed by atoms with van der Waals surface area (Å²) in [5.41, 5.74) is 20.7. The van der Waals surface area contributed by atoms with Crippen LogP contribution in [0.25, 0.3) is 0 Å². The molecule has 17 heteroatoms. The number of nitrogens with one attached hydrogen (secondary N) is 3. The van der Waals surface area contributed by atoms with Crippen LogP contribution in [0.5, 0.6) is 0 Å². The van der Waals surface area contributed by atoms with E-state index in [9.17, 15) is 39.0 Å². The molecule has 0 aromatic rings. The first-order valence-electron chi connectivity index (χ1n) is 9.84. The molecular formula is C17H30N8O9. The van der Waals surface area contributed by atoms with E-state index in [-0.39, 0.29) is 25.3 Å². The fourth-order valence-corrected chi connectivity index (χ4v) is 2.47. The molecule has 0 aromatic carbocycles. The summed E-state index contributed by atoms with van der Waals surface area (Å²) in [5, 5.41) is 33.9. The number of hydrogen-bond donors (Lipinski definition) is 10. The molecule has 4 amide bonds. The van der Waals surface area contributed by atoms with Crippen molar-refractivity contribution in [3.05, 3.63) is 0 Å².